The SMILES string of the molecule is C#CCC1NC(=O)C(C)(C)/C=C/c2cc3cc(ccc3cn2)[C@@H](C)OC(=O)C2CCCN(N2)C(=O)C(C)NC1=O. The molecular weight excluding hydrogens is 510 g/mol. The molecule has 0 spiro atoms. The number of nitrogens with zero attached hydrogens (tertiary/aromatic N) is 2. The number of pyridine rings is 1. The van der Waals surface area contributed by atoms with Crippen LogP contribution in [0.15, 0.2) is 36.5 Å². The van der Waals surface area contributed by atoms with Gasteiger partial charge in [-0.15, -0.1) is 12.3 Å². The Kier molecular flexibility index (Phi) is 8.55. The summed E-state index contributed by atoms with van der Waals surface area (Å²) in [4.78, 5) is 56.9. The molecule has 2 aromatic rings. The van der Waals surface area contributed by atoms with E-state index in [1.165, 1.54) is 5.01 Å². The molecule has 0 aliphatic carbocycles. The molecule has 210 valence electrons. The van der Waals surface area contributed by atoms with Gasteiger partial charge < -0.3 is 15.4 Å². The van der Waals surface area contributed by atoms with E-state index in [2.05, 4.69) is 27.0 Å². The number of ether oxygens (including phenoxy) is 1. The topological polar surface area (TPSA) is 130 Å². The van der Waals surface area contributed by atoms with Gasteiger partial charge in [0.2, 0.25) is 11.8 Å². The molecule has 4 rings (SSSR count). The summed E-state index contributed by atoms with van der Waals surface area (Å²) in [5, 5.41) is 8.52. The number of fused-ring (bicyclic) bond motifs is 4. The molecule has 2 aliphatic heterocycles. The second-order valence-electron chi connectivity index (χ2n) is 10.8. The van der Waals surface area contributed by atoms with Crippen molar-refractivity contribution in [1.29, 1.82) is 0 Å². The van der Waals surface area contributed by atoms with Crippen molar-refractivity contribution >= 4 is 40.5 Å². The van der Waals surface area contributed by atoms with Gasteiger partial charge in [-0.3, -0.25) is 29.2 Å². The molecule has 3 amide bonds. The van der Waals surface area contributed by atoms with Crippen LogP contribution in [0, 0.1) is 17.8 Å². The Morgan fingerprint density at radius 2 is 1.90 bits per heavy atom. The summed E-state index contributed by atoms with van der Waals surface area (Å²) in [7, 11) is 0. The predicted octanol–water partition coefficient (Wildman–Crippen LogP) is 2.40. The van der Waals surface area contributed by atoms with Crippen LogP contribution in [-0.4, -0.2) is 58.4 Å². The van der Waals surface area contributed by atoms with Crippen molar-refractivity contribution in [2.45, 2.75) is 71.2 Å². The smallest absolute Gasteiger partial charge is 0.325 e. The van der Waals surface area contributed by atoms with Gasteiger partial charge in [0.25, 0.3) is 5.91 Å². The fraction of sp³-hybridized carbons (Fsp3) is 0.433. The summed E-state index contributed by atoms with van der Waals surface area (Å²) < 4.78 is 5.78. The fourth-order valence-electron chi connectivity index (χ4n) is 4.61. The van der Waals surface area contributed by atoms with E-state index in [9.17, 15) is 19.2 Å². The second kappa shape index (κ2) is 11.9. The lowest BCUT2D eigenvalue weighted by Gasteiger charge is -2.35. The highest BCUT2D eigenvalue weighted by Crippen LogP contribution is 2.25. The van der Waals surface area contributed by atoms with E-state index in [4.69, 9.17) is 11.2 Å². The number of terminal acetylenes is 1. The third-order valence-electron chi connectivity index (χ3n) is 7.19. The Morgan fingerprint density at radius 1 is 1.12 bits per heavy atom. The first kappa shape index (κ1) is 28.8. The highest BCUT2D eigenvalue weighted by molar-refractivity contribution is 5.94. The highest BCUT2D eigenvalue weighted by Gasteiger charge is 2.34. The molecule has 3 N–H and O–H groups in total. The average molecular weight is 546 g/mol. The van der Waals surface area contributed by atoms with Crippen LogP contribution in [0.3, 0.4) is 0 Å². The molecule has 10 nitrogen and oxygen atoms in total. The Labute approximate surface area is 233 Å². The largest absolute Gasteiger partial charge is 0.457 e. The highest BCUT2D eigenvalue weighted by atomic mass is 16.5. The number of hydrazine groups is 1. The summed E-state index contributed by atoms with van der Waals surface area (Å²) >= 11 is 0. The van der Waals surface area contributed by atoms with E-state index in [1.807, 2.05) is 24.3 Å². The standard InChI is InChI=1S/C30H35N5O5/c1-6-8-24-26(36)32-18(2)27(37)35-14-7-9-25(34-35)28(38)40-19(3)20-10-11-21-17-31-23(16-22(21)15-20)12-13-30(4,5)29(39)33-24/h1,10-13,15-19,24-25,34H,7-9,14H2,2-5H3,(H,32,36)(H,33,39)/b13-12+/t18?,19-,24?,25?/m1/s1. The van der Waals surface area contributed by atoms with E-state index in [-0.39, 0.29) is 6.42 Å². The molecule has 3 unspecified atom stereocenters. The average Bonchev–Trinajstić information content (AvgIpc) is 2.94. The molecule has 4 atom stereocenters. The molecular formula is C30H35N5O5. The predicted molar refractivity (Wildman–Crippen MR) is 150 cm³/mol. The normalized spacial score (nSPS) is 26.8. The molecule has 1 aromatic heterocycles. The van der Waals surface area contributed by atoms with Gasteiger partial charge in [-0.2, -0.15) is 0 Å². The van der Waals surface area contributed by atoms with Crippen molar-refractivity contribution in [3.05, 3.63) is 47.8 Å². The number of rotatable bonds is 1. The number of cyclic esters (lactones) is 1. The zero-order valence-electron chi connectivity index (χ0n) is 23.2. The van der Waals surface area contributed by atoms with E-state index >= 15 is 0 Å². The maximum Gasteiger partial charge on any atom is 0.325 e. The van der Waals surface area contributed by atoms with Gasteiger partial charge in [-0.05, 0) is 69.7 Å². The molecule has 1 saturated heterocycles. The monoisotopic (exact) mass is 545 g/mol. The summed E-state index contributed by atoms with van der Waals surface area (Å²) in [6, 6.07) is 4.96. The van der Waals surface area contributed by atoms with Gasteiger partial charge in [-0.1, -0.05) is 18.2 Å². The number of carbonyl (C=O) groups is 4. The van der Waals surface area contributed by atoms with Crippen LogP contribution in [0.4, 0.5) is 0 Å². The molecule has 3 heterocycles. The Bertz CT molecular complexity index is 1390. The van der Waals surface area contributed by atoms with Gasteiger partial charge >= 0.3 is 5.97 Å². The zero-order chi connectivity index (χ0) is 29.0. The van der Waals surface area contributed by atoms with Crippen LogP contribution in [0.2, 0.25) is 0 Å². The van der Waals surface area contributed by atoms with E-state index < -0.39 is 53.3 Å². The van der Waals surface area contributed by atoms with E-state index in [0.717, 1.165) is 16.3 Å². The number of esters is 1. The van der Waals surface area contributed by atoms with Crippen LogP contribution >= 0.6 is 0 Å². The zero-order valence-corrected chi connectivity index (χ0v) is 23.2. The van der Waals surface area contributed by atoms with Crippen LogP contribution in [0.5, 0.6) is 0 Å². The van der Waals surface area contributed by atoms with Crippen molar-refractivity contribution < 1.29 is 23.9 Å². The summed E-state index contributed by atoms with van der Waals surface area (Å²) in [6.07, 6.45) is 11.2. The molecule has 0 radical (unpaired) electrons. The van der Waals surface area contributed by atoms with Crippen molar-refractivity contribution in [3.8, 4) is 12.3 Å². The molecule has 2 aliphatic rings. The fourth-order valence-corrected chi connectivity index (χ4v) is 4.61. The molecule has 1 fully saturated rings. The molecule has 0 saturated carbocycles. The van der Waals surface area contributed by atoms with Gasteiger partial charge in [0.1, 0.15) is 24.2 Å². The van der Waals surface area contributed by atoms with Crippen LogP contribution in [0.1, 0.15) is 64.3 Å². The summed E-state index contributed by atoms with van der Waals surface area (Å²) in [5.74, 6) is 0.546. The van der Waals surface area contributed by atoms with Crippen molar-refractivity contribution in [3.63, 3.8) is 0 Å². The molecule has 1 aromatic carbocycles. The van der Waals surface area contributed by atoms with Crippen molar-refractivity contribution in [1.82, 2.24) is 26.1 Å². The quantitative estimate of drug-likeness (QED) is 0.371. The van der Waals surface area contributed by atoms with Gasteiger partial charge in [0.15, 0.2) is 0 Å². The first-order valence-corrected chi connectivity index (χ1v) is 13.4. The number of benzene rings is 1. The minimum Gasteiger partial charge on any atom is -0.457 e. The number of hydrogen-bond donors (Lipinski definition) is 3. The van der Waals surface area contributed by atoms with E-state index in [1.54, 1.807) is 46.0 Å². The first-order chi connectivity index (χ1) is 19.0. The molecule has 40 heavy (non-hydrogen) atoms. The lowest BCUT2D eigenvalue weighted by Crippen LogP contribution is -2.60. The molecule has 10 heteroatoms. The van der Waals surface area contributed by atoms with Gasteiger partial charge in [-0.25, -0.2) is 5.43 Å². The van der Waals surface area contributed by atoms with E-state index in [0.29, 0.717) is 25.1 Å². The maximum atomic E-state index is 13.2. The van der Waals surface area contributed by atoms with Crippen LogP contribution in [0.25, 0.3) is 16.8 Å². The Morgan fingerprint density at radius 3 is 2.65 bits per heavy atom. The summed E-state index contributed by atoms with van der Waals surface area (Å²) in [6.45, 7) is 7.15. The third kappa shape index (κ3) is 6.49. The Balaban J connectivity index is 1.70. The lowest BCUT2D eigenvalue weighted by molar-refractivity contribution is -0.157. The molecule has 5 bridgehead atoms. The van der Waals surface area contributed by atoms with Crippen molar-refractivity contribution in [2.75, 3.05) is 6.54 Å². The number of nitrogens with one attached hydrogen (secondary N) is 3. The number of hydrogen-bond acceptors (Lipinski definition) is 7. The maximum absolute atomic E-state index is 13.2. The second-order valence-corrected chi connectivity index (χ2v) is 10.8. The van der Waals surface area contributed by atoms with Gasteiger partial charge in [0, 0.05) is 24.5 Å². The van der Waals surface area contributed by atoms with Crippen LogP contribution < -0.4 is 16.1 Å². The lowest BCUT2D eigenvalue weighted by atomic mass is 9.90. The first-order valence-electron chi connectivity index (χ1n) is 13.4. The van der Waals surface area contributed by atoms with Crippen molar-refractivity contribution in [2.24, 2.45) is 5.41 Å². The number of amides is 3. The number of aromatic nitrogens is 1. The van der Waals surface area contributed by atoms with Gasteiger partial charge in [0.05, 0.1) is 11.1 Å². The minimum absolute atomic E-state index is 0.0547. The third-order valence-corrected chi connectivity index (χ3v) is 7.19. The van der Waals surface area contributed by atoms with Crippen LogP contribution in [-0.2, 0) is 23.9 Å². The number of carbonyl (C=O) groups excluding carboxylic acids is 4. The minimum atomic E-state index is -1.04. The Hall–Kier alpha value is -4.23. The summed E-state index contributed by atoms with van der Waals surface area (Å²) in [5.41, 5.74) is 3.41.